The Morgan fingerprint density at radius 3 is 2.78 bits per heavy atom. The molecule has 0 unspecified atom stereocenters. The summed E-state index contributed by atoms with van der Waals surface area (Å²) in [4.78, 5) is 12.7. The van der Waals surface area contributed by atoms with Gasteiger partial charge in [-0.15, -0.1) is 0 Å². The Morgan fingerprint density at radius 1 is 1.22 bits per heavy atom. The van der Waals surface area contributed by atoms with E-state index >= 15 is 0 Å². The molecular weight excluding hydrogens is 344 g/mol. The van der Waals surface area contributed by atoms with Gasteiger partial charge in [-0.1, -0.05) is 30.3 Å². The lowest BCUT2D eigenvalue weighted by Gasteiger charge is -2.13. The molecule has 3 rings (SSSR count). The SMILES string of the molecule is COc1ccc(C(=O)NCc2cn[nH]c2-c2ccccc2)c(OCCN)c1. The summed E-state index contributed by atoms with van der Waals surface area (Å²) < 4.78 is 10.8. The second-order valence-electron chi connectivity index (χ2n) is 5.82. The third-order valence-electron chi connectivity index (χ3n) is 4.03. The zero-order valence-corrected chi connectivity index (χ0v) is 15.1. The molecule has 27 heavy (non-hydrogen) atoms. The van der Waals surface area contributed by atoms with E-state index in [-0.39, 0.29) is 5.91 Å². The van der Waals surface area contributed by atoms with Crippen LogP contribution in [0.5, 0.6) is 11.5 Å². The number of nitrogens with zero attached hydrogens (tertiary/aromatic N) is 1. The van der Waals surface area contributed by atoms with Crippen LogP contribution in [0.3, 0.4) is 0 Å². The van der Waals surface area contributed by atoms with Crippen molar-refractivity contribution in [1.29, 1.82) is 0 Å². The van der Waals surface area contributed by atoms with Gasteiger partial charge >= 0.3 is 0 Å². The smallest absolute Gasteiger partial charge is 0.255 e. The summed E-state index contributed by atoms with van der Waals surface area (Å²) in [6.07, 6.45) is 1.71. The maximum atomic E-state index is 12.7. The first-order valence-corrected chi connectivity index (χ1v) is 8.59. The average molecular weight is 366 g/mol. The van der Waals surface area contributed by atoms with Gasteiger partial charge < -0.3 is 20.5 Å². The first kappa shape index (κ1) is 18.5. The van der Waals surface area contributed by atoms with Gasteiger partial charge in [0.05, 0.1) is 24.6 Å². The lowest BCUT2D eigenvalue weighted by molar-refractivity contribution is 0.0947. The zero-order valence-electron chi connectivity index (χ0n) is 15.1. The van der Waals surface area contributed by atoms with Gasteiger partial charge in [-0.2, -0.15) is 5.10 Å². The van der Waals surface area contributed by atoms with E-state index in [0.717, 1.165) is 16.8 Å². The van der Waals surface area contributed by atoms with Crippen molar-refractivity contribution in [3.05, 3.63) is 65.9 Å². The maximum absolute atomic E-state index is 12.7. The van der Waals surface area contributed by atoms with Gasteiger partial charge in [-0.05, 0) is 17.7 Å². The summed E-state index contributed by atoms with van der Waals surface area (Å²) in [5.74, 6) is 0.803. The van der Waals surface area contributed by atoms with Crippen LogP contribution in [0.2, 0.25) is 0 Å². The number of nitrogens with two attached hydrogens (primary N) is 1. The van der Waals surface area contributed by atoms with Gasteiger partial charge in [0.15, 0.2) is 0 Å². The average Bonchev–Trinajstić information content (AvgIpc) is 3.19. The number of ether oxygens (including phenoxy) is 2. The van der Waals surface area contributed by atoms with Crippen molar-refractivity contribution in [2.75, 3.05) is 20.3 Å². The third kappa shape index (κ3) is 4.45. The van der Waals surface area contributed by atoms with Crippen molar-refractivity contribution in [3.63, 3.8) is 0 Å². The molecule has 0 aliphatic rings. The van der Waals surface area contributed by atoms with Gasteiger partial charge in [0, 0.05) is 24.7 Å². The summed E-state index contributed by atoms with van der Waals surface area (Å²) >= 11 is 0. The van der Waals surface area contributed by atoms with Crippen molar-refractivity contribution >= 4 is 5.91 Å². The minimum Gasteiger partial charge on any atom is -0.497 e. The highest BCUT2D eigenvalue weighted by atomic mass is 16.5. The number of benzene rings is 2. The highest BCUT2D eigenvalue weighted by Gasteiger charge is 2.15. The van der Waals surface area contributed by atoms with E-state index in [4.69, 9.17) is 15.2 Å². The third-order valence-corrected chi connectivity index (χ3v) is 4.03. The first-order chi connectivity index (χ1) is 13.2. The van der Waals surface area contributed by atoms with Crippen LogP contribution in [0, 0.1) is 0 Å². The summed E-state index contributed by atoms with van der Waals surface area (Å²) in [6.45, 7) is 1.00. The van der Waals surface area contributed by atoms with Gasteiger partial charge in [-0.3, -0.25) is 9.89 Å². The molecule has 140 valence electrons. The second-order valence-corrected chi connectivity index (χ2v) is 5.82. The molecule has 3 aromatic rings. The number of methoxy groups -OCH3 is 1. The van der Waals surface area contributed by atoms with Crippen LogP contribution in [-0.2, 0) is 6.54 Å². The highest BCUT2D eigenvalue weighted by molar-refractivity contribution is 5.97. The van der Waals surface area contributed by atoms with Crippen molar-refractivity contribution < 1.29 is 14.3 Å². The molecule has 0 aliphatic carbocycles. The summed E-state index contributed by atoms with van der Waals surface area (Å²) in [5, 5.41) is 10.00. The summed E-state index contributed by atoms with van der Waals surface area (Å²) in [6, 6.07) is 14.9. The molecule has 7 nitrogen and oxygen atoms in total. The fraction of sp³-hybridized carbons (Fsp3) is 0.200. The fourth-order valence-corrected chi connectivity index (χ4v) is 2.68. The van der Waals surface area contributed by atoms with Crippen LogP contribution in [0.15, 0.2) is 54.7 Å². The molecule has 4 N–H and O–H groups in total. The largest absolute Gasteiger partial charge is 0.497 e. The van der Waals surface area contributed by atoms with Crippen LogP contribution in [-0.4, -0.2) is 36.4 Å². The van der Waals surface area contributed by atoms with E-state index in [0.29, 0.717) is 36.8 Å². The maximum Gasteiger partial charge on any atom is 0.255 e. The molecule has 0 saturated carbocycles. The fourth-order valence-electron chi connectivity index (χ4n) is 2.68. The van der Waals surface area contributed by atoms with Crippen LogP contribution in [0.4, 0.5) is 0 Å². The highest BCUT2D eigenvalue weighted by Crippen LogP contribution is 2.25. The number of hydrogen-bond donors (Lipinski definition) is 3. The van der Waals surface area contributed by atoms with Crippen LogP contribution in [0.25, 0.3) is 11.3 Å². The molecule has 0 spiro atoms. The number of H-pyrrole nitrogens is 1. The quantitative estimate of drug-likeness (QED) is 0.568. The van der Waals surface area contributed by atoms with Crippen LogP contribution < -0.4 is 20.5 Å². The number of hydrogen-bond acceptors (Lipinski definition) is 5. The lowest BCUT2D eigenvalue weighted by Crippen LogP contribution is -2.24. The van der Waals surface area contributed by atoms with Gasteiger partial charge in [0.25, 0.3) is 5.91 Å². The van der Waals surface area contributed by atoms with E-state index < -0.39 is 0 Å². The van der Waals surface area contributed by atoms with E-state index in [1.807, 2.05) is 30.3 Å². The van der Waals surface area contributed by atoms with E-state index in [1.54, 1.807) is 31.5 Å². The molecular formula is C20H22N4O3. The normalized spacial score (nSPS) is 10.4. The Labute approximate surface area is 157 Å². The van der Waals surface area contributed by atoms with Crippen molar-refractivity contribution in [2.24, 2.45) is 5.73 Å². The summed E-state index contributed by atoms with van der Waals surface area (Å²) in [5.41, 5.74) is 8.71. The predicted octanol–water partition coefficient (Wildman–Crippen LogP) is 2.35. The van der Waals surface area contributed by atoms with Crippen LogP contribution >= 0.6 is 0 Å². The second kappa shape index (κ2) is 8.86. The van der Waals surface area contributed by atoms with Crippen molar-refractivity contribution in [3.8, 4) is 22.8 Å². The zero-order chi connectivity index (χ0) is 19.1. The first-order valence-electron chi connectivity index (χ1n) is 8.59. The van der Waals surface area contributed by atoms with Gasteiger partial charge in [0.2, 0.25) is 0 Å². The molecule has 7 heteroatoms. The number of aromatic nitrogens is 2. The minimum atomic E-state index is -0.245. The molecule has 1 amide bonds. The predicted molar refractivity (Wildman–Crippen MR) is 103 cm³/mol. The number of carbonyl (C=O) groups is 1. The van der Waals surface area contributed by atoms with E-state index in [1.165, 1.54) is 0 Å². The number of nitrogens with one attached hydrogen (secondary N) is 2. The number of aromatic amines is 1. The molecule has 0 saturated heterocycles. The number of rotatable bonds is 8. The molecule has 0 aliphatic heterocycles. The lowest BCUT2D eigenvalue weighted by atomic mass is 10.1. The Hall–Kier alpha value is -3.32. The van der Waals surface area contributed by atoms with Gasteiger partial charge in [0.1, 0.15) is 18.1 Å². The molecule has 2 aromatic carbocycles. The van der Waals surface area contributed by atoms with Crippen molar-refractivity contribution in [2.45, 2.75) is 6.54 Å². The minimum absolute atomic E-state index is 0.245. The Kier molecular flexibility index (Phi) is 6.06. The Morgan fingerprint density at radius 2 is 2.04 bits per heavy atom. The van der Waals surface area contributed by atoms with E-state index in [9.17, 15) is 4.79 Å². The standard InChI is InChI=1S/C20H22N4O3/c1-26-16-7-8-17(18(11-16)27-10-9-21)20(25)22-12-15-13-23-24-19(15)14-5-3-2-4-6-14/h2-8,11,13H,9-10,12,21H2,1H3,(H,22,25)(H,23,24). The molecule has 1 heterocycles. The topological polar surface area (TPSA) is 102 Å². The number of carbonyl (C=O) groups excluding carboxylic acids is 1. The number of amides is 1. The monoisotopic (exact) mass is 366 g/mol. The molecule has 0 bridgehead atoms. The Balaban J connectivity index is 1.74. The van der Waals surface area contributed by atoms with Gasteiger partial charge in [-0.25, -0.2) is 0 Å². The molecule has 0 radical (unpaired) electrons. The molecule has 0 fully saturated rings. The Bertz CT molecular complexity index is 893. The van der Waals surface area contributed by atoms with E-state index in [2.05, 4.69) is 15.5 Å². The van der Waals surface area contributed by atoms with Crippen LogP contribution in [0.1, 0.15) is 15.9 Å². The molecule has 1 aromatic heterocycles. The van der Waals surface area contributed by atoms with Crippen molar-refractivity contribution in [1.82, 2.24) is 15.5 Å². The molecule has 0 atom stereocenters. The summed E-state index contributed by atoms with van der Waals surface area (Å²) in [7, 11) is 1.56.